The second kappa shape index (κ2) is 5.82. The quantitative estimate of drug-likeness (QED) is 0.830. The van der Waals surface area contributed by atoms with Crippen molar-refractivity contribution in [1.29, 1.82) is 0 Å². The number of rotatable bonds is 4. The molecule has 2 heterocycles. The monoisotopic (exact) mass is 236 g/mol. The predicted molar refractivity (Wildman–Crippen MR) is 67.9 cm³/mol. The Labute approximate surface area is 102 Å². The molecule has 1 unspecified atom stereocenters. The van der Waals surface area contributed by atoms with Gasteiger partial charge in [-0.25, -0.2) is 9.97 Å². The highest BCUT2D eigenvalue weighted by molar-refractivity contribution is 5.55. The van der Waals surface area contributed by atoms with E-state index in [4.69, 9.17) is 10.5 Å². The minimum absolute atomic E-state index is 0.341. The van der Waals surface area contributed by atoms with Crippen LogP contribution in [0.15, 0.2) is 6.33 Å². The highest BCUT2D eigenvalue weighted by Gasteiger charge is 2.16. The topological polar surface area (TPSA) is 73.1 Å². The Hall–Kier alpha value is -1.36. The van der Waals surface area contributed by atoms with Gasteiger partial charge in [-0.15, -0.1) is 0 Å². The molecule has 3 N–H and O–H groups in total. The summed E-state index contributed by atoms with van der Waals surface area (Å²) in [5, 5.41) is 3.42. The third-order valence-electron chi connectivity index (χ3n) is 2.98. The van der Waals surface area contributed by atoms with Crippen molar-refractivity contribution in [3.63, 3.8) is 0 Å². The molecule has 94 valence electrons. The van der Waals surface area contributed by atoms with Crippen LogP contribution in [0.2, 0.25) is 0 Å². The maximum absolute atomic E-state index is 5.89. The van der Waals surface area contributed by atoms with Gasteiger partial charge in [-0.1, -0.05) is 13.3 Å². The molecule has 0 spiro atoms. The Balaban J connectivity index is 2.10. The number of nitrogens with one attached hydrogen (secondary N) is 1. The molecule has 1 aliphatic heterocycles. The van der Waals surface area contributed by atoms with Crippen molar-refractivity contribution in [2.24, 2.45) is 0 Å². The first-order valence-electron chi connectivity index (χ1n) is 6.25. The predicted octanol–water partition coefficient (Wildman–Crippen LogP) is 1.60. The lowest BCUT2D eigenvalue weighted by Gasteiger charge is -2.24. The zero-order valence-electron chi connectivity index (χ0n) is 10.3. The first kappa shape index (κ1) is 12.1. The van der Waals surface area contributed by atoms with Crippen molar-refractivity contribution in [1.82, 2.24) is 9.97 Å². The van der Waals surface area contributed by atoms with Gasteiger partial charge in [0.05, 0.1) is 12.6 Å². The summed E-state index contributed by atoms with van der Waals surface area (Å²) < 4.78 is 5.45. The molecule has 5 heteroatoms. The third kappa shape index (κ3) is 3.06. The van der Waals surface area contributed by atoms with E-state index in [1.165, 1.54) is 6.33 Å². The molecule has 0 radical (unpaired) electrons. The molecule has 0 bridgehead atoms. The molecular formula is C12H20N4O. The lowest BCUT2D eigenvalue weighted by atomic mass is 10.1. The highest BCUT2D eigenvalue weighted by Crippen LogP contribution is 2.21. The maximum atomic E-state index is 5.89. The zero-order valence-corrected chi connectivity index (χ0v) is 10.3. The van der Waals surface area contributed by atoms with Gasteiger partial charge in [0, 0.05) is 12.2 Å². The fraction of sp³-hybridized carbons (Fsp3) is 0.667. The van der Waals surface area contributed by atoms with E-state index in [-0.39, 0.29) is 0 Å². The number of hydrogen-bond acceptors (Lipinski definition) is 5. The van der Waals surface area contributed by atoms with Gasteiger partial charge in [0.15, 0.2) is 0 Å². The standard InChI is InChI=1S/C12H20N4O/c1-2-4-10-11(13)14-8-15-12(10)16-9-5-3-6-17-7-9/h8-9H,2-7H2,1H3,(H3,13,14,15,16). The molecule has 5 nitrogen and oxygen atoms in total. The molecule has 0 aliphatic carbocycles. The molecule has 0 aromatic carbocycles. The summed E-state index contributed by atoms with van der Waals surface area (Å²) in [6, 6.07) is 0.341. The molecule has 17 heavy (non-hydrogen) atoms. The molecule has 1 aromatic heterocycles. The summed E-state index contributed by atoms with van der Waals surface area (Å²) >= 11 is 0. The third-order valence-corrected chi connectivity index (χ3v) is 2.98. The number of anilines is 2. The normalized spacial score (nSPS) is 20.2. The van der Waals surface area contributed by atoms with Gasteiger partial charge < -0.3 is 15.8 Å². The summed E-state index contributed by atoms with van der Waals surface area (Å²) in [5.41, 5.74) is 6.92. The summed E-state index contributed by atoms with van der Waals surface area (Å²) in [4.78, 5) is 8.34. The fourth-order valence-corrected chi connectivity index (χ4v) is 2.09. The van der Waals surface area contributed by atoms with Crippen LogP contribution in [0.4, 0.5) is 11.6 Å². The largest absolute Gasteiger partial charge is 0.383 e. The van der Waals surface area contributed by atoms with E-state index in [9.17, 15) is 0 Å². The molecule has 0 amide bonds. The van der Waals surface area contributed by atoms with Crippen LogP contribution >= 0.6 is 0 Å². The van der Waals surface area contributed by atoms with Crippen molar-refractivity contribution in [3.05, 3.63) is 11.9 Å². The molecule has 1 aromatic rings. The zero-order chi connectivity index (χ0) is 12.1. The van der Waals surface area contributed by atoms with E-state index >= 15 is 0 Å². The molecule has 1 fully saturated rings. The van der Waals surface area contributed by atoms with Crippen LogP contribution in [-0.4, -0.2) is 29.2 Å². The van der Waals surface area contributed by atoms with Gasteiger partial charge in [-0.3, -0.25) is 0 Å². The number of nitrogen functional groups attached to an aromatic ring is 1. The SMILES string of the molecule is CCCc1c(N)ncnc1NC1CCCOC1. The van der Waals surface area contributed by atoms with Gasteiger partial charge >= 0.3 is 0 Å². The Bertz CT molecular complexity index is 364. The van der Waals surface area contributed by atoms with Crippen LogP contribution in [0.1, 0.15) is 31.7 Å². The Kier molecular flexibility index (Phi) is 4.14. The molecule has 0 saturated carbocycles. The van der Waals surface area contributed by atoms with Crippen LogP contribution < -0.4 is 11.1 Å². The van der Waals surface area contributed by atoms with Crippen LogP contribution in [0.5, 0.6) is 0 Å². The summed E-state index contributed by atoms with van der Waals surface area (Å²) in [7, 11) is 0. The highest BCUT2D eigenvalue weighted by atomic mass is 16.5. The van der Waals surface area contributed by atoms with Gasteiger partial charge in [-0.05, 0) is 19.3 Å². The minimum Gasteiger partial charge on any atom is -0.383 e. The first-order valence-corrected chi connectivity index (χ1v) is 6.25. The van der Waals surface area contributed by atoms with Crippen LogP contribution in [0.3, 0.4) is 0 Å². The van der Waals surface area contributed by atoms with E-state index < -0.39 is 0 Å². The van der Waals surface area contributed by atoms with Crippen molar-refractivity contribution < 1.29 is 4.74 Å². The second-order valence-electron chi connectivity index (χ2n) is 4.39. The van der Waals surface area contributed by atoms with Crippen molar-refractivity contribution >= 4 is 11.6 Å². The molecule has 1 aliphatic rings. The average molecular weight is 236 g/mol. The lowest BCUT2D eigenvalue weighted by molar-refractivity contribution is 0.0875. The lowest BCUT2D eigenvalue weighted by Crippen LogP contribution is -2.31. The summed E-state index contributed by atoms with van der Waals surface area (Å²) in [6.07, 6.45) is 5.67. The molecular weight excluding hydrogens is 216 g/mol. The smallest absolute Gasteiger partial charge is 0.135 e. The number of aromatic nitrogens is 2. The Morgan fingerprint density at radius 1 is 1.53 bits per heavy atom. The van der Waals surface area contributed by atoms with Crippen LogP contribution in [0.25, 0.3) is 0 Å². The Morgan fingerprint density at radius 3 is 3.12 bits per heavy atom. The van der Waals surface area contributed by atoms with Gasteiger partial charge in [0.1, 0.15) is 18.0 Å². The summed E-state index contributed by atoms with van der Waals surface area (Å²) in [5.74, 6) is 1.45. The van der Waals surface area contributed by atoms with Crippen LogP contribution in [0, 0.1) is 0 Å². The minimum atomic E-state index is 0.341. The van der Waals surface area contributed by atoms with Gasteiger partial charge in [-0.2, -0.15) is 0 Å². The number of nitrogens with two attached hydrogens (primary N) is 1. The Morgan fingerprint density at radius 2 is 2.41 bits per heavy atom. The molecule has 2 rings (SSSR count). The van der Waals surface area contributed by atoms with E-state index in [0.29, 0.717) is 11.9 Å². The van der Waals surface area contributed by atoms with Crippen LogP contribution in [-0.2, 0) is 11.2 Å². The second-order valence-corrected chi connectivity index (χ2v) is 4.39. The number of ether oxygens (including phenoxy) is 1. The van der Waals surface area contributed by atoms with Gasteiger partial charge in [0.2, 0.25) is 0 Å². The summed E-state index contributed by atoms with van der Waals surface area (Å²) in [6.45, 7) is 3.74. The van der Waals surface area contributed by atoms with E-state index in [1.807, 2.05) is 0 Å². The van der Waals surface area contributed by atoms with E-state index in [1.54, 1.807) is 0 Å². The number of nitrogens with zero attached hydrogens (tertiary/aromatic N) is 2. The van der Waals surface area contributed by atoms with Crippen molar-refractivity contribution in [2.45, 2.75) is 38.6 Å². The van der Waals surface area contributed by atoms with Crippen molar-refractivity contribution in [2.75, 3.05) is 24.3 Å². The molecule has 1 saturated heterocycles. The first-order chi connectivity index (χ1) is 8.31. The van der Waals surface area contributed by atoms with E-state index in [2.05, 4.69) is 22.2 Å². The average Bonchev–Trinajstić information content (AvgIpc) is 2.35. The fourth-order valence-electron chi connectivity index (χ4n) is 2.09. The van der Waals surface area contributed by atoms with E-state index in [0.717, 1.165) is 50.3 Å². The number of hydrogen-bond donors (Lipinski definition) is 2. The van der Waals surface area contributed by atoms with Crippen molar-refractivity contribution in [3.8, 4) is 0 Å². The molecule has 1 atom stereocenters. The van der Waals surface area contributed by atoms with Gasteiger partial charge in [0.25, 0.3) is 0 Å². The maximum Gasteiger partial charge on any atom is 0.135 e.